The Bertz CT molecular complexity index is 884. The van der Waals surface area contributed by atoms with Crippen molar-refractivity contribution in [2.75, 3.05) is 5.32 Å². The molecule has 26 heavy (non-hydrogen) atoms. The summed E-state index contributed by atoms with van der Waals surface area (Å²) in [4.78, 5) is 12.1. The van der Waals surface area contributed by atoms with Gasteiger partial charge in [-0.05, 0) is 49.7 Å². The van der Waals surface area contributed by atoms with E-state index in [2.05, 4.69) is 22.4 Å². The molecule has 5 nitrogen and oxygen atoms in total. The van der Waals surface area contributed by atoms with Crippen molar-refractivity contribution in [1.82, 2.24) is 10.2 Å². The van der Waals surface area contributed by atoms with Crippen LogP contribution in [0.15, 0.2) is 52.9 Å². The molecule has 1 aromatic heterocycles. The van der Waals surface area contributed by atoms with Crippen LogP contribution in [0.4, 0.5) is 5.69 Å². The van der Waals surface area contributed by atoms with Crippen molar-refractivity contribution >= 4 is 11.6 Å². The summed E-state index contributed by atoms with van der Waals surface area (Å²) in [5.41, 5.74) is 3.62. The van der Waals surface area contributed by atoms with E-state index in [9.17, 15) is 4.79 Å². The van der Waals surface area contributed by atoms with E-state index < -0.39 is 0 Å². The average Bonchev–Trinajstić information content (AvgIpc) is 3.13. The maximum Gasteiger partial charge on any atom is 0.248 e. The molecular formula is C21H23N3O2. The lowest BCUT2D eigenvalue weighted by Gasteiger charge is -2.11. The number of benzene rings is 2. The fraction of sp³-hybridized carbons (Fsp3) is 0.286. The predicted octanol–water partition coefficient (Wildman–Crippen LogP) is 5.09. The van der Waals surface area contributed by atoms with Gasteiger partial charge in [0.25, 0.3) is 0 Å². The Morgan fingerprint density at radius 2 is 1.77 bits per heavy atom. The smallest absolute Gasteiger partial charge is 0.248 e. The van der Waals surface area contributed by atoms with E-state index >= 15 is 0 Å². The Morgan fingerprint density at radius 1 is 1.08 bits per heavy atom. The quantitative estimate of drug-likeness (QED) is 0.673. The van der Waals surface area contributed by atoms with E-state index in [-0.39, 0.29) is 11.8 Å². The molecule has 3 rings (SSSR count). The molecule has 0 aliphatic rings. The second-order valence-electron chi connectivity index (χ2n) is 6.54. The van der Waals surface area contributed by atoms with Crippen LogP contribution in [-0.4, -0.2) is 16.1 Å². The molecule has 0 unspecified atom stereocenters. The number of rotatable bonds is 6. The summed E-state index contributed by atoms with van der Waals surface area (Å²) >= 11 is 0. The van der Waals surface area contributed by atoms with E-state index in [0.717, 1.165) is 35.2 Å². The lowest BCUT2D eigenvalue weighted by molar-refractivity contribution is -0.119. The summed E-state index contributed by atoms with van der Waals surface area (Å²) in [6, 6.07) is 15.4. The zero-order valence-electron chi connectivity index (χ0n) is 15.3. The molecule has 1 N–H and O–H groups in total. The van der Waals surface area contributed by atoms with Crippen LogP contribution in [0.1, 0.15) is 32.3 Å². The predicted molar refractivity (Wildman–Crippen MR) is 103 cm³/mol. The lowest BCUT2D eigenvalue weighted by atomic mass is 10.1. The van der Waals surface area contributed by atoms with Crippen LogP contribution in [0.5, 0.6) is 0 Å². The maximum absolute atomic E-state index is 12.1. The number of nitrogens with zero attached hydrogens (tertiary/aromatic N) is 2. The van der Waals surface area contributed by atoms with Crippen molar-refractivity contribution in [2.24, 2.45) is 5.92 Å². The first kappa shape index (κ1) is 17.9. The van der Waals surface area contributed by atoms with Gasteiger partial charge in [0.1, 0.15) is 0 Å². The molecule has 3 aromatic rings. The highest BCUT2D eigenvalue weighted by atomic mass is 16.4. The molecular weight excluding hydrogens is 326 g/mol. The molecule has 0 spiro atoms. The van der Waals surface area contributed by atoms with Crippen molar-refractivity contribution in [3.63, 3.8) is 0 Å². The number of carbonyl (C=O) groups is 1. The molecule has 5 heteroatoms. The van der Waals surface area contributed by atoms with Crippen LogP contribution in [0.2, 0.25) is 0 Å². The van der Waals surface area contributed by atoms with Crippen LogP contribution in [0.3, 0.4) is 0 Å². The molecule has 1 amide bonds. The maximum atomic E-state index is 12.1. The fourth-order valence-corrected chi connectivity index (χ4v) is 2.76. The Hall–Kier alpha value is -2.95. The summed E-state index contributed by atoms with van der Waals surface area (Å²) < 4.78 is 5.79. The summed E-state index contributed by atoms with van der Waals surface area (Å²) in [5.74, 6) is 1.000. The molecule has 0 saturated carbocycles. The standard InChI is InChI=1S/C21H23N3O2/c1-4-6-15(3)19(25)22-18-11-9-16(10-12-18)20-23-24-21(26-20)17-8-5-7-14(2)13-17/h5,7-13,15H,4,6H2,1-3H3,(H,22,25)/t15-/m0/s1. The fourth-order valence-electron chi connectivity index (χ4n) is 2.76. The molecule has 1 heterocycles. The minimum atomic E-state index is 0.00695. The van der Waals surface area contributed by atoms with Gasteiger partial charge in [0, 0.05) is 22.7 Å². The summed E-state index contributed by atoms with van der Waals surface area (Å²) in [7, 11) is 0. The van der Waals surface area contributed by atoms with E-state index in [4.69, 9.17) is 4.42 Å². The zero-order valence-corrected chi connectivity index (χ0v) is 15.3. The molecule has 134 valence electrons. The third kappa shape index (κ3) is 4.17. The van der Waals surface area contributed by atoms with Crippen LogP contribution in [0.25, 0.3) is 22.9 Å². The van der Waals surface area contributed by atoms with Crippen LogP contribution < -0.4 is 5.32 Å². The molecule has 0 radical (unpaired) electrons. The van der Waals surface area contributed by atoms with Gasteiger partial charge in [-0.2, -0.15) is 0 Å². The number of hydrogen-bond donors (Lipinski definition) is 1. The number of aromatic nitrogens is 2. The van der Waals surface area contributed by atoms with Gasteiger partial charge in [-0.15, -0.1) is 10.2 Å². The summed E-state index contributed by atoms with van der Waals surface area (Å²) in [6.07, 6.45) is 1.88. The second kappa shape index (κ2) is 7.95. The summed E-state index contributed by atoms with van der Waals surface area (Å²) in [5, 5.41) is 11.2. The molecule has 0 saturated heterocycles. The highest BCUT2D eigenvalue weighted by Gasteiger charge is 2.13. The van der Waals surface area contributed by atoms with Gasteiger partial charge < -0.3 is 9.73 Å². The van der Waals surface area contributed by atoms with Crippen molar-refractivity contribution in [3.05, 3.63) is 54.1 Å². The van der Waals surface area contributed by atoms with Crippen molar-refractivity contribution in [2.45, 2.75) is 33.6 Å². The minimum Gasteiger partial charge on any atom is -0.416 e. The van der Waals surface area contributed by atoms with E-state index in [1.54, 1.807) is 0 Å². The molecule has 2 aromatic carbocycles. The zero-order chi connectivity index (χ0) is 18.5. The van der Waals surface area contributed by atoms with Gasteiger partial charge in [-0.3, -0.25) is 4.79 Å². The van der Waals surface area contributed by atoms with Gasteiger partial charge in [0.2, 0.25) is 17.7 Å². The Morgan fingerprint density at radius 3 is 2.42 bits per heavy atom. The lowest BCUT2D eigenvalue weighted by Crippen LogP contribution is -2.20. The Balaban J connectivity index is 1.72. The van der Waals surface area contributed by atoms with Gasteiger partial charge in [-0.1, -0.05) is 38.0 Å². The molecule has 0 bridgehead atoms. The van der Waals surface area contributed by atoms with E-state index in [0.29, 0.717) is 11.8 Å². The topological polar surface area (TPSA) is 68.0 Å². The van der Waals surface area contributed by atoms with Gasteiger partial charge >= 0.3 is 0 Å². The normalized spacial score (nSPS) is 12.0. The van der Waals surface area contributed by atoms with Gasteiger partial charge in [0.05, 0.1) is 0 Å². The van der Waals surface area contributed by atoms with Crippen molar-refractivity contribution in [3.8, 4) is 22.9 Å². The molecule has 0 aliphatic carbocycles. The highest BCUT2D eigenvalue weighted by Crippen LogP contribution is 2.25. The van der Waals surface area contributed by atoms with Crippen LogP contribution in [-0.2, 0) is 4.79 Å². The van der Waals surface area contributed by atoms with Crippen LogP contribution >= 0.6 is 0 Å². The third-order valence-electron chi connectivity index (χ3n) is 4.26. The first-order valence-electron chi connectivity index (χ1n) is 8.88. The number of amides is 1. The first-order valence-corrected chi connectivity index (χ1v) is 8.88. The molecule has 0 fully saturated rings. The minimum absolute atomic E-state index is 0.00695. The second-order valence-corrected chi connectivity index (χ2v) is 6.54. The number of carbonyl (C=O) groups excluding carboxylic acids is 1. The monoisotopic (exact) mass is 349 g/mol. The average molecular weight is 349 g/mol. The number of aryl methyl sites for hydroxylation is 1. The van der Waals surface area contributed by atoms with Crippen LogP contribution in [0, 0.1) is 12.8 Å². The van der Waals surface area contributed by atoms with Crippen molar-refractivity contribution in [1.29, 1.82) is 0 Å². The van der Waals surface area contributed by atoms with Gasteiger partial charge in [0.15, 0.2) is 0 Å². The van der Waals surface area contributed by atoms with E-state index in [1.165, 1.54) is 0 Å². The van der Waals surface area contributed by atoms with Gasteiger partial charge in [-0.25, -0.2) is 0 Å². The highest BCUT2D eigenvalue weighted by molar-refractivity contribution is 5.92. The SMILES string of the molecule is CCC[C@H](C)C(=O)Nc1ccc(-c2nnc(-c3cccc(C)c3)o2)cc1. The van der Waals surface area contributed by atoms with E-state index in [1.807, 2.05) is 62.4 Å². The Kier molecular flexibility index (Phi) is 5.46. The third-order valence-corrected chi connectivity index (χ3v) is 4.26. The first-order chi connectivity index (χ1) is 12.6. The summed E-state index contributed by atoms with van der Waals surface area (Å²) in [6.45, 7) is 6.04. The Labute approximate surface area is 153 Å². The molecule has 1 atom stereocenters. The largest absolute Gasteiger partial charge is 0.416 e. The number of nitrogens with one attached hydrogen (secondary N) is 1. The van der Waals surface area contributed by atoms with Crippen molar-refractivity contribution < 1.29 is 9.21 Å². The molecule has 0 aliphatic heterocycles. The number of anilines is 1. The number of hydrogen-bond acceptors (Lipinski definition) is 4.